The Morgan fingerprint density at radius 3 is 2.67 bits per heavy atom. The van der Waals surface area contributed by atoms with E-state index in [4.69, 9.17) is 9.47 Å². The van der Waals surface area contributed by atoms with E-state index in [-0.39, 0.29) is 6.04 Å². The van der Waals surface area contributed by atoms with E-state index in [2.05, 4.69) is 35.5 Å². The van der Waals surface area contributed by atoms with Gasteiger partial charge in [-0.2, -0.15) is 0 Å². The first-order valence-electron chi connectivity index (χ1n) is 7.27. The van der Waals surface area contributed by atoms with Crippen LogP contribution in [0.15, 0.2) is 23.2 Å². The summed E-state index contributed by atoms with van der Waals surface area (Å²) in [7, 11) is 3.38. The Labute approximate surface area is 127 Å². The first-order valence-corrected chi connectivity index (χ1v) is 7.27. The van der Waals surface area contributed by atoms with Gasteiger partial charge in [0.1, 0.15) is 5.75 Å². The highest BCUT2D eigenvalue weighted by Crippen LogP contribution is 2.16. The Bertz CT molecular complexity index is 461. The van der Waals surface area contributed by atoms with Crippen LogP contribution in [0.3, 0.4) is 0 Å². The topological polar surface area (TPSA) is 54.9 Å². The molecule has 118 valence electrons. The van der Waals surface area contributed by atoms with Crippen molar-refractivity contribution >= 4 is 5.96 Å². The lowest BCUT2D eigenvalue weighted by atomic mass is 10.1. The van der Waals surface area contributed by atoms with E-state index in [1.54, 1.807) is 14.2 Å². The SMILES string of the molecule is CCNC(=NCc1cc(C)cc(OC)c1)NC(C)COC. The van der Waals surface area contributed by atoms with Crippen molar-refractivity contribution in [1.82, 2.24) is 10.6 Å². The third-order valence-electron chi connectivity index (χ3n) is 2.91. The molecule has 0 aliphatic carbocycles. The molecule has 0 fully saturated rings. The summed E-state index contributed by atoms with van der Waals surface area (Å²) in [5, 5.41) is 6.55. The molecule has 1 rings (SSSR count). The molecule has 0 saturated carbocycles. The molecule has 0 bridgehead atoms. The number of aliphatic imine (C=N–C) groups is 1. The van der Waals surface area contributed by atoms with E-state index < -0.39 is 0 Å². The largest absolute Gasteiger partial charge is 0.497 e. The first-order chi connectivity index (χ1) is 10.1. The van der Waals surface area contributed by atoms with Crippen LogP contribution in [0.25, 0.3) is 0 Å². The third-order valence-corrected chi connectivity index (χ3v) is 2.91. The number of aryl methyl sites for hydroxylation is 1. The Balaban J connectivity index is 2.74. The fraction of sp³-hybridized carbons (Fsp3) is 0.562. The van der Waals surface area contributed by atoms with Crippen molar-refractivity contribution in [2.24, 2.45) is 4.99 Å². The van der Waals surface area contributed by atoms with Crippen molar-refractivity contribution in [3.05, 3.63) is 29.3 Å². The molecule has 21 heavy (non-hydrogen) atoms. The van der Waals surface area contributed by atoms with Gasteiger partial charge in [-0.25, -0.2) is 4.99 Å². The van der Waals surface area contributed by atoms with Gasteiger partial charge in [0.25, 0.3) is 0 Å². The minimum Gasteiger partial charge on any atom is -0.497 e. The van der Waals surface area contributed by atoms with Crippen LogP contribution < -0.4 is 15.4 Å². The van der Waals surface area contributed by atoms with Gasteiger partial charge in [0, 0.05) is 19.7 Å². The molecule has 1 aromatic rings. The molecule has 1 aromatic carbocycles. The van der Waals surface area contributed by atoms with Crippen LogP contribution in [0, 0.1) is 6.92 Å². The second-order valence-corrected chi connectivity index (χ2v) is 5.05. The van der Waals surface area contributed by atoms with Crippen LogP contribution >= 0.6 is 0 Å². The Kier molecular flexibility index (Phi) is 7.61. The van der Waals surface area contributed by atoms with Crippen molar-refractivity contribution in [2.75, 3.05) is 27.4 Å². The zero-order valence-electron chi connectivity index (χ0n) is 13.7. The van der Waals surface area contributed by atoms with Gasteiger partial charge in [-0.15, -0.1) is 0 Å². The molecular formula is C16H27N3O2. The standard InChI is InChI=1S/C16H27N3O2/c1-6-17-16(19-13(3)11-20-4)18-10-14-7-12(2)8-15(9-14)21-5/h7-9,13H,6,10-11H2,1-5H3,(H2,17,18,19). The molecule has 1 unspecified atom stereocenters. The van der Waals surface area contributed by atoms with E-state index in [1.165, 1.54) is 5.56 Å². The summed E-state index contributed by atoms with van der Waals surface area (Å²) in [4.78, 5) is 4.61. The van der Waals surface area contributed by atoms with Gasteiger partial charge in [0.05, 0.1) is 20.3 Å². The lowest BCUT2D eigenvalue weighted by Crippen LogP contribution is -2.43. The lowest BCUT2D eigenvalue weighted by molar-refractivity contribution is 0.179. The lowest BCUT2D eigenvalue weighted by Gasteiger charge is -2.17. The summed E-state index contributed by atoms with van der Waals surface area (Å²) < 4.78 is 10.4. The number of nitrogens with zero attached hydrogens (tertiary/aromatic N) is 1. The highest BCUT2D eigenvalue weighted by molar-refractivity contribution is 5.80. The fourth-order valence-corrected chi connectivity index (χ4v) is 2.05. The number of methoxy groups -OCH3 is 2. The summed E-state index contributed by atoms with van der Waals surface area (Å²) in [6, 6.07) is 6.35. The maximum Gasteiger partial charge on any atom is 0.191 e. The molecular weight excluding hydrogens is 266 g/mol. The average molecular weight is 293 g/mol. The fourth-order valence-electron chi connectivity index (χ4n) is 2.05. The average Bonchev–Trinajstić information content (AvgIpc) is 2.44. The smallest absolute Gasteiger partial charge is 0.191 e. The molecule has 0 amide bonds. The predicted molar refractivity (Wildman–Crippen MR) is 87.0 cm³/mol. The Morgan fingerprint density at radius 1 is 1.29 bits per heavy atom. The Hall–Kier alpha value is -1.75. The second-order valence-electron chi connectivity index (χ2n) is 5.05. The number of hydrogen-bond acceptors (Lipinski definition) is 3. The maximum absolute atomic E-state index is 5.29. The van der Waals surface area contributed by atoms with Gasteiger partial charge in [-0.3, -0.25) is 0 Å². The molecule has 0 spiro atoms. The van der Waals surface area contributed by atoms with E-state index in [0.29, 0.717) is 13.2 Å². The summed E-state index contributed by atoms with van der Waals surface area (Å²) >= 11 is 0. The summed E-state index contributed by atoms with van der Waals surface area (Å²) in [6.07, 6.45) is 0. The zero-order valence-corrected chi connectivity index (χ0v) is 13.7. The van der Waals surface area contributed by atoms with Gasteiger partial charge < -0.3 is 20.1 Å². The summed E-state index contributed by atoms with van der Waals surface area (Å²) in [6.45, 7) is 8.23. The van der Waals surface area contributed by atoms with Crippen LogP contribution in [0.4, 0.5) is 0 Å². The third kappa shape index (κ3) is 6.49. The number of nitrogens with one attached hydrogen (secondary N) is 2. The van der Waals surface area contributed by atoms with Crippen LogP contribution in [-0.4, -0.2) is 39.4 Å². The van der Waals surface area contributed by atoms with E-state index in [0.717, 1.165) is 23.8 Å². The van der Waals surface area contributed by atoms with Crippen LogP contribution in [0.2, 0.25) is 0 Å². The number of hydrogen-bond donors (Lipinski definition) is 2. The van der Waals surface area contributed by atoms with E-state index >= 15 is 0 Å². The molecule has 0 aromatic heterocycles. The maximum atomic E-state index is 5.29. The highest BCUT2D eigenvalue weighted by Gasteiger charge is 2.05. The normalized spacial score (nSPS) is 12.9. The van der Waals surface area contributed by atoms with Crippen LogP contribution in [-0.2, 0) is 11.3 Å². The molecule has 5 heteroatoms. The molecule has 2 N–H and O–H groups in total. The molecule has 0 radical (unpaired) electrons. The molecule has 0 heterocycles. The van der Waals surface area contributed by atoms with Gasteiger partial charge in [0.2, 0.25) is 0 Å². The van der Waals surface area contributed by atoms with Crippen LogP contribution in [0.1, 0.15) is 25.0 Å². The van der Waals surface area contributed by atoms with Crippen LogP contribution in [0.5, 0.6) is 5.75 Å². The van der Waals surface area contributed by atoms with Gasteiger partial charge >= 0.3 is 0 Å². The predicted octanol–water partition coefficient (Wildman–Crippen LogP) is 2.09. The summed E-state index contributed by atoms with van der Waals surface area (Å²) in [5.74, 6) is 1.66. The van der Waals surface area contributed by atoms with E-state index in [9.17, 15) is 0 Å². The van der Waals surface area contributed by atoms with Crippen molar-refractivity contribution in [3.8, 4) is 5.75 Å². The zero-order chi connectivity index (χ0) is 15.7. The van der Waals surface area contributed by atoms with Gasteiger partial charge in [-0.1, -0.05) is 6.07 Å². The molecule has 0 saturated heterocycles. The number of ether oxygens (including phenoxy) is 2. The van der Waals surface area contributed by atoms with Gasteiger partial charge in [0.15, 0.2) is 5.96 Å². The van der Waals surface area contributed by atoms with Gasteiger partial charge in [-0.05, 0) is 44.0 Å². The monoisotopic (exact) mass is 293 g/mol. The number of benzene rings is 1. The molecule has 5 nitrogen and oxygen atoms in total. The first kappa shape index (κ1) is 17.3. The minimum absolute atomic E-state index is 0.208. The molecule has 0 aliphatic heterocycles. The molecule has 0 aliphatic rings. The summed E-state index contributed by atoms with van der Waals surface area (Å²) in [5.41, 5.74) is 2.30. The number of guanidine groups is 1. The van der Waals surface area contributed by atoms with E-state index in [1.807, 2.05) is 19.1 Å². The molecule has 1 atom stereocenters. The number of rotatable bonds is 7. The quantitative estimate of drug-likeness (QED) is 0.597. The van der Waals surface area contributed by atoms with Crippen molar-refractivity contribution in [1.29, 1.82) is 0 Å². The minimum atomic E-state index is 0.208. The highest BCUT2D eigenvalue weighted by atomic mass is 16.5. The van der Waals surface area contributed by atoms with Crippen molar-refractivity contribution < 1.29 is 9.47 Å². The second kappa shape index (κ2) is 9.23. The van der Waals surface area contributed by atoms with Crippen molar-refractivity contribution in [2.45, 2.75) is 33.4 Å². The Morgan fingerprint density at radius 2 is 2.05 bits per heavy atom. The van der Waals surface area contributed by atoms with Crippen molar-refractivity contribution in [3.63, 3.8) is 0 Å².